The maximum Gasteiger partial charge on any atom is 0.247 e. The molecule has 0 spiro atoms. The molecule has 7 nitrogen and oxygen atoms in total. The van der Waals surface area contributed by atoms with Gasteiger partial charge in [0.2, 0.25) is 21.8 Å². The Balaban J connectivity index is 1.53. The number of benzene rings is 2. The summed E-state index contributed by atoms with van der Waals surface area (Å²) in [5, 5.41) is 8.63. The van der Waals surface area contributed by atoms with E-state index in [-0.39, 0.29) is 22.4 Å². The van der Waals surface area contributed by atoms with Crippen LogP contribution in [0.1, 0.15) is 37.1 Å². The summed E-state index contributed by atoms with van der Waals surface area (Å²) in [6, 6.07) is 12.4. The minimum atomic E-state index is -3.70. The highest BCUT2D eigenvalue weighted by Crippen LogP contribution is 2.33. The van der Waals surface area contributed by atoms with Crippen molar-refractivity contribution < 1.29 is 17.6 Å². The van der Waals surface area contributed by atoms with Gasteiger partial charge in [0.1, 0.15) is 5.75 Å². The molecule has 3 aromatic rings. The van der Waals surface area contributed by atoms with E-state index in [0.29, 0.717) is 37.1 Å². The van der Waals surface area contributed by atoms with Crippen molar-refractivity contribution in [2.75, 3.05) is 19.7 Å². The number of aryl methyl sites for hydroxylation is 1. The van der Waals surface area contributed by atoms with Gasteiger partial charge < -0.3 is 9.15 Å². The highest BCUT2D eigenvalue weighted by molar-refractivity contribution is 7.89. The Kier molecular flexibility index (Phi) is 6.31. The van der Waals surface area contributed by atoms with Gasteiger partial charge in [-0.1, -0.05) is 29.3 Å². The van der Waals surface area contributed by atoms with Gasteiger partial charge in [-0.3, -0.25) is 0 Å². The number of hydrogen-bond donors (Lipinski definition) is 0. The van der Waals surface area contributed by atoms with E-state index in [1.54, 1.807) is 6.07 Å². The Morgan fingerprint density at radius 1 is 1.19 bits per heavy atom. The summed E-state index contributed by atoms with van der Waals surface area (Å²) in [5.41, 5.74) is 1.99. The normalized spacial score (nSPS) is 17.6. The van der Waals surface area contributed by atoms with Gasteiger partial charge in [-0.2, -0.15) is 4.31 Å². The van der Waals surface area contributed by atoms with Gasteiger partial charge in [-0.15, -0.1) is 10.2 Å². The topological polar surface area (TPSA) is 85.5 Å². The van der Waals surface area contributed by atoms with E-state index in [9.17, 15) is 8.42 Å². The number of hydrogen-bond acceptors (Lipinski definition) is 6. The Labute approximate surface area is 187 Å². The number of nitrogens with zero attached hydrogens (tertiary/aromatic N) is 3. The minimum absolute atomic E-state index is 0.146. The molecule has 1 aromatic heterocycles. The first kappa shape index (κ1) is 21.8. The van der Waals surface area contributed by atoms with E-state index in [2.05, 4.69) is 10.2 Å². The van der Waals surface area contributed by atoms with Gasteiger partial charge in [0.25, 0.3) is 0 Å². The minimum Gasteiger partial charge on any atom is -0.492 e. The third-order valence-electron chi connectivity index (χ3n) is 5.31. The van der Waals surface area contributed by atoms with Gasteiger partial charge in [0.15, 0.2) is 0 Å². The molecule has 9 heteroatoms. The molecular weight excluding hydrogens is 438 g/mol. The molecule has 1 atom stereocenters. The molecular formula is C22H24ClN3O4S. The van der Waals surface area contributed by atoms with Crippen molar-refractivity contribution in [3.63, 3.8) is 0 Å². The molecule has 2 heterocycles. The summed E-state index contributed by atoms with van der Waals surface area (Å²) >= 11 is 6.21. The first-order valence-corrected chi connectivity index (χ1v) is 12.0. The zero-order chi connectivity index (χ0) is 22.0. The lowest BCUT2D eigenvalue weighted by Gasteiger charge is -2.30. The van der Waals surface area contributed by atoms with Crippen molar-refractivity contribution in [2.24, 2.45) is 0 Å². The summed E-state index contributed by atoms with van der Waals surface area (Å²) in [4.78, 5) is 0.146. The first-order valence-electron chi connectivity index (χ1n) is 10.2. The second kappa shape index (κ2) is 8.98. The number of halogens is 1. The maximum atomic E-state index is 13.2. The van der Waals surface area contributed by atoms with E-state index in [1.807, 2.05) is 38.1 Å². The van der Waals surface area contributed by atoms with Gasteiger partial charge in [-0.25, -0.2) is 8.42 Å². The van der Waals surface area contributed by atoms with Gasteiger partial charge >= 0.3 is 0 Å². The van der Waals surface area contributed by atoms with Crippen molar-refractivity contribution in [2.45, 2.75) is 37.5 Å². The molecule has 1 aliphatic heterocycles. The predicted octanol–water partition coefficient (Wildman–Crippen LogP) is 4.67. The maximum absolute atomic E-state index is 13.2. The number of ether oxygens (including phenoxy) is 1. The molecule has 1 aliphatic rings. The van der Waals surface area contributed by atoms with Crippen LogP contribution in [-0.4, -0.2) is 42.6 Å². The van der Waals surface area contributed by atoms with Gasteiger partial charge in [0.05, 0.1) is 22.4 Å². The molecule has 0 aliphatic carbocycles. The molecule has 31 heavy (non-hydrogen) atoms. The van der Waals surface area contributed by atoms with Crippen LogP contribution in [0.2, 0.25) is 5.02 Å². The average Bonchev–Trinajstić information content (AvgIpc) is 3.26. The second-order valence-electron chi connectivity index (χ2n) is 7.54. The monoisotopic (exact) mass is 461 g/mol. The number of sulfonamides is 1. The number of rotatable bonds is 6. The van der Waals surface area contributed by atoms with Crippen molar-refractivity contribution in [3.8, 4) is 17.2 Å². The van der Waals surface area contributed by atoms with E-state index >= 15 is 0 Å². The molecule has 0 N–H and O–H groups in total. The van der Waals surface area contributed by atoms with Crippen molar-refractivity contribution in [1.82, 2.24) is 14.5 Å². The van der Waals surface area contributed by atoms with E-state index < -0.39 is 10.0 Å². The van der Waals surface area contributed by atoms with Crippen molar-refractivity contribution in [3.05, 3.63) is 58.9 Å². The quantitative estimate of drug-likeness (QED) is 0.530. The molecule has 2 aromatic carbocycles. The Morgan fingerprint density at radius 2 is 1.97 bits per heavy atom. The summed E-state index contributed by atoms with van der Waals surface area (Å²) in [6.07, 6.45) is 1.49. The lowest BCUT2D eigenvalue weighted by molar-refractivity contribution is 0.286. The SMILES string of the molecule is CCOc1ccc(S(=O)(=O)N2CCC[C@@H](c3nnc(-c4ccc(C)cc4)o3)C2)cc1Cl. The van der Waals surface area contributed by atoms with Crippen LogP contribution in [0, 0.1) is 6.92 Å². The molecule has 0 unspecified atom stereocenters. The summed E-state index contributed by atoms with van der Waals surface area (Å²) < 4.78 is 39.2. The molecule has 0 amide bonds. The Bertz CT molecular complexity index is 1160. The van der Waals surface area contributed by atoms with Gasteiger partial charge in [0, 0.05) is 18.7 Å². The number of aromatic nitrogens is 2. The van der Waals surface area contributed by atoms with Gasteiger partial charge in [-0.05, 0) is 57.0 Å². The fourth-order valence-electron chi connectivity index (χ4n) is 3.64. The van der Waals surface area contributed by atoms with Crippen LogP contribution in [0.15, 0.2) is 51.8 Å². The van der Waals surface area contributed by atoms with Crippen LogP contribution in [0.4, 0.5) is 0 Å². The molecule has 1 fully saturated rings. The average molecular weight is 462 g/mol. The standard InChI is InChI=1S/C22H24ClN3O4S/c1-3-29-20-11-10-18(13-19(20)23)31(27,28)26-12-4-5-17(14-26)22-25-24-21(30-22)16-8-6-15(2)7-9-16/h6-11,13,17H,3-5,12,14H2,1-2H3/t17-/m1/s1. The summed E-state index contributed by atoms with van der Waals surface area (Å²) in [6.45, 7) is 5.02. The van der Waals surface area contributed by atoms with E-state index in [4.69, 9.17) is 20.8 Å². The van der Waals surface area contributed by atoms with E-state index in [1.165, 1.54) is 16.4 Å². The van der Waals surface area contributed by atoms with Crippen LogP contribution in [0.5, 0.6) is 5.75 Å². The van der Waals surface area contributed by atoms with Crippen LogP contribution < -0.4 is 4.74 Å². The predicted molar refractivity (Wildman–Crippen MR) is 118 cm³/mol. The zero-order valence-electron chi connectivity index (χ0n) is 17.4. The van der Waals surface area contributed by atoms with E-state index in [0.717, 1.165) is 17.5 Å². The molecule has 0 saturated carbocycles. The Hall–Kier alpha value is -2.42. The first-order chi connectivity index (χ1) is 14.9. The fourth-order valence-corrected chi connectivity index (χ4v) is 5.49. The zero-order valence-corrected chi connectivity index (χ0v) is 19.0. The highest BCUT2D eigenvalue weighted by atomic mass is 35.5. The summed E-state index contributed by atoms with van der Waals surface area (Å²) in [7, 11) is -3.70. The highest BCUT2D eigenvalue weighted by Gasteiger charge is 2.33. The fraction of sp³-hybridized carbons (Fsp3) is 0.364. The third-order valence-corrected chi connectivity index (χ3v) is 7.47. The largest absolute Gasteiger partial charge is 0.492 e. The lowest BCUT2D eigenvalue weighted by atomic mass is 10.00. The smallest absolute Gasteiger partial charge is 0.247 e. The molecule has 0 radical (unpaired) electrons. The second-order valence-corrected chi connectivity index (χ2v) is 9.88. The van der Waals surface area contributed by atoms with Crippen LogP contribution >= 0.6 is 11.6 Å². The van der Waals surface area contributed by atoms with Crippen molar-refractivity contribution in [1.29, 1.82) is 0 Å². The molecule has 164 valence electrons. The van der Waals surface area contributed by atoms with Crippen LogP contribution in [-0.2, 0) is 10.0 Å². The molecule has 0 bridgehead atoms. The van der Waals surface area contributed by atoms with Crippen molar-refractivity contribution >= 4 is 21.6 Å². The third kappa shape index (κ3) is 4.61. The lowest BCUT2D eigenvalue weighted by Crippen LogP contribution is -2.39. The number of piperidine rings is 1. The Morgan fingerprint density at radius 3 is 2.68 bits per heavy atom. The van der Waals surface area contributed by atoms with Crippen LogP contribution in [0.25, 0.3) is 11.5 Å². The molecule has 1 saturated heterocycles. The molecule has 4 rings (SSSR count). The summed E-state index contributed by atoms with van der Waals surface area (Å²) in [5.74, 6) is 1.20. The van der Waals surface area contributed by atoms with Crippen LogP contribution in [0.3, 0.4) is 0 Å².